The van der Waals surface area contributed by atoms with Crippen LogP contribution in [0.15, 0.2) is 12.4 Å². The molecule has 0 amide bonds. The minimum absolute atomic E-state index is 0.259. The van der Waals surface area contributed by atoms with Gasteiger partial charge < -0.3 is 10.6 Å². The lowest BCUT2D eigenvalue weighted by molar-refractivity contribution is 0.568. The molecular formula is C12H17N7. The molecule has 0 atom stereocenters. The van der Waals surface area contributed by atoms with Gasteiger partial charge in [0.2, 0.25) is 11.9 Å². The van der Waals surface area contributed by atoms with E-state index in [9.17, 15) is 0 Å². The fourth-order valence-electron chi connectivity index (χ4n) is 2.28. The zero-order valence-corrected chi connectivity index (χ0v) is 11.0. The zero-order chi connectivity index (χ0) is 13.2. The molecule has 2 aromatic rings. The Morgan fingerprint density at radius 2 is 1.89 bits per heavy atom. The first-order valence-corrected chi connectivity index (χ1v) is 6.48. The first kappa shape index (κ1) is 11.9. The summed E-state index contributed by atoms with van der Waals surface area (Å²) in [7, 11) is 1.86. The zero-order valence-electron chi connectivity index (χ0n) is 11.0. The number of nitrogens with two attached hydrogens (primary N) is 1. The molecule has 2 aromatic heterocycles. The van der Waals surface area contributed by atoms with E-state index >= 15 is 0 Å². The Labute approximate surface area is 111 Å². The first-order valence-electron chi connectivity index (χ1n) is 6.48. The van der Waals surface area contributed by atoms with Crippen molar-refractivity contribution < 1.29 is 0 Å². The largest absolute Gasteiger partial charge is 0.368 e. The fraction of sp³-hybridized carbons (Fsp3) is 0.500. The molecule has 1 aliphatic heterocycles. The normalized spacial score (nSPS) is 15.7. The lowest BCUT2D eigenvalue weighted by Gasteiger charge is -2.26. The second-order valence-corrected chi connectivity index (χ2v) is 4.77. The van der Waals surface area contributed by atoms with Gasteiger partial charge in [0.1, 0.15) is 0 Å². The lowest BCUT2D eigenvalue weighted by atomic mass is 10.1. The van der Waals surface area contributed by atoms with Gasteiger partial charge in [0.05, 0.1) is 11.8 Å². The van der Waals surface area contributed by atoms with Crippen molar-refractivity contribution in [2.45, 2.75) is 19.3 Å². The van der Waals surface area contributed by atoms with E-state index in [1.165, 1.54) is 19.3 Å². The second-order valence-electron chi connectivity index (χ2n) is 4.77. The third-order valence-corrected chi connectivity index (χ3v) is 3.24. The van der Waals surface area contributed by atoms with Crippen LogP contribution in [-0.2, 0) is 7.05 Å². The van der Waals surface area contributed by atoms with Crippen molar-refractivity contribution in [2.24, 2.45) is 7.05 Å². The van der Waals surface area contributed by atoms with E-state index in [1.54, 1.807) is 10.9 Å². The van der Waals surface area contributed by atoms with Crippen molar-refractivity contribution in [1.29, 1.82) is 0 Å². The van der Waals surface area contributed by atoms with Gasteiger partial charge in [0.25, 0.3) is 0 Å². The summed E-state index contributed by atoms with van der Waals surface area (Å²) in [6.07, 6.45) is 7.22. The molecule has 7 nitrogen and oxygen atoms in total. The molecule has 0 bridgehead atoms. The van der Waals surface area contributed by atoms with Gasteiger partial charge in [0.15, 0.2) is 5.82 Å². The van der Waals surface area contributed by atoms with Crippen LogP contribution in [0.1, 0.15) is 19.3 Å². The monoisotopic (exact) mass is 259 g/mol. The number of hydrogen-bond acceptors (Lipinski definition) is 6. The Hall–Kier alpha value is -2.18. The molecule has 3 heterocycles. The van der Waals surface area contributed by atoms with Crippen LogP contribution in [0.4, 0.5) is 11.9 Å². The standard InChI is InChI=1S/C12H17N7/c1-18-8-9(7-14-18)10-15-11(13)17-12(16-10)19-5-3-2-4-6-19/h7-8H,2-6H2,1H3,(H2,13,15,16,17). The number of aryl methyl sites for hydroxylation is 1. The van der Waals surface area contributed by atoms with Crippen LogP contribution in [0.2, 0.25) is 0 Å². The molecule has 0 aromatic carbocycles. The van der Waals surface area contributed by atoms with Crippen LogP contribution in [-0.4, -0.2) is 37.8 Å². The van der Waals surface area contributed by atoms with Crippen molar-refractivity contribution >= 4 is 11.9 Å². The first-order chi connectivity index (χ1) is 9.22. The summed E-state index contributed by atoms with van der Waals surface area (Å²) in [6.45, 7) is 1.96. The molecule has 100 valence electrons. The third-order valence-electron chi connectivity index (χ3n) is 3.24. The molecular weight excluding hydrogens is 242 g/mol. The smallest absolute Gasteiger partial charge is 0.230 e. The predicted octanol–water partition coefficient (Wildman–Crippen LogP) is 0.845. The molecule has 19 heavy (non-hydrogen) atoms. The molecule has 0 spiro atoms. The highest BCUT2D eigenvalue weighted by atomic mass is 15.3. The Morgan fingerprint density at radius 1 is 1.11 bits per heavy atom. The SMILES string of the molecule is Cn1cc(-c2nc(N)nc(N3CCCCC3)n2)cn1. The highest BCUT2D eigenvalue weighted by Gasteiger charge is 2.16. The second kappa shape index (κ2) is 4.83. The minimum atomic E-state index is 0.259. The number of hydrogen-bond donors (Lipinski definition) is 1. The van der Waals surface area contributed by atoms with E-state index in [2.05, 4.69) is 25.0 Å². The maximum absolute atomic E-state index is 5.79. The summed E-state index contributed by atoms with van der Waals surface area (Å²) in [4.78, 5) is 15.1. The Morgan fingerprint density at radius 3 is 2.58 bits per heavy atom. The van der Waals surface area contributed by atoms with Crippen molar-refractivity contribution in [2.75, 3.05) is 23.7 Å². The average molecular weight is 259 g/mol. The number of nitrogens with zero attached hydrogens (tertiary/aromatic N) is 6. The Kier molecular flexibility index (Phi) is 3.02. The van der Waals surface area contributed by atoms with Crippen LogP contribution >= 0.6 is 0 Å². The van der Waals surface area contributed by atoms with Crippen molar-refractivity contribution in [3.05, 3.63) is 12.4 Å². The minimum Gasteiger partial charge on any atom is -0.368 e. The van der Waals surface area contributed by atoms with Gasteiger partial charge in [-0.2, -0.15) is 20.1 Å². The van der Waals surface area contributed by atoms with Crippen LogP contribution in [0.25, 0.3) is 11.4 Å². The van der Waals surface area contributed by atoms with Gasteiger partial charge in [-0.1, -0.05) is 0 Å². The Balaban J connectivity index is 1.95. The van der Waals surface area contributed by atoms with E-state index in [-0.39, 0.29) is 5.95 Å². The van der Waals surface area contributed by atoms with Crippen molar-refractivity contribution in [1.82, 2.24) is 24.7 Å². The number of rotatable bonds is 2. The highest BCUT2D eigenvalue weighted by molar-refractivity contribution is 5.55. The van der Waals surface area contributed by atoms with Gasteiger partial charge >= 0.3 is 0 Å². The number of aromatic nitrogens is 5. The quantitative estimate of drug-likeness (QED) is 0.860. The van der Waals surface area contributed by atoms with Gasteiger partial charge in [0, 0.05) is 26.3 Å². The van der Waals surface area contributed by atoms with Crippen LogP contribution in [0, 0.1) is 0 Å². The van der Waals surface area contributed by atoms with Gasteiger partial charge in [-0.3, -0.25) is 4.68 Å². The van der Waals surface area contributed by atoms with Crippen LogP contribution < -0.4 is 10.6 Å². The fourth-order valence-corrected chi connectivity index (χ4v) is 2.28. The molecule has 0 saturated carbocycles. The summed E-state index contributed by atoms with van der Waals surface area (Å²) in [6, 6.07) is 0. The van der Waals surface area contributed by atoms with Gasteiger partial charge in [-0.15, -0.1) is 0 Å². The number of anilines is 2. The molecule has 7 heteroatoms. The third kappa shape index (κ3) is 2.49. The topological polar surface area (TPSA) is 85.8 Å². The summed E-state index contributed by atoms with van der Waals surface area (Å²) in [5.41, 5.74) is 6.65. The van der Waals surface area contributed by atoms with Gasteiger partial charge in [-0.05, 0) is 19.3 Å². The van der Waals surface area contributed by atoms with E-state index < -0.39 is 0 Å². The van der Waals surface area contributed by atoms with E-state index in [0.717, 1.165) is 18.7 Å². The summed E-state index contributed by atoms with van der Waals surface area (Å²) in [5, 5.41) is 4.13. The molecule has 0 radical (unpaired) electrons. The average Bonchev–Trinajstić information content (AvgIpc) is 2.86. The number of nitrogen functional groups attached to an aromatic ring is 1. The lowest BCUT2D eigenvalue weighted by Crippen LogP contribution is -2.31. The maximum Gasteiger partial charge on any atom is 0.230 e. The van der Waals surface area contributed by atoms with E-state index in [4.69, 9.17) is 5.73 Å². The van der Waals surface area contributed by atoms with Crippen molar-refractivity contribution in [3.8, 4) is 11.4 Å². The van der Waals surface area contributed by atoms with E-state index in [1.807, 2.05) is 13.2 Å². The molecule has 0 unspecified atom stereocenters. The van der Waals surface area contributed by atoms with E-state index in [0.29, 0.717) is 11.8 Å². The highest BCUT2D eigenvalue weighted by Crippen LogP contribution is 2.20. The number of piperidine rings is 1. The summed E-state index contributed by atoms with van der Waals surface area (Å²) >= 11 is 0. The molecule has 1 saturated heterocycles. The van der Waals surface area contributed by atoms with Gasteiger partial charge in [-0.25, -0.2) is 0 Å². The molecule has 3 rings (SSSR count). The summed E-state index contributed by atoms with van der Waals surface area (Å²) < 4.78 is 1.72. The van der Waals surface area contributed by atoms with Crippen LogP contribution in [0.5, 0.6) is 0 Å². The molecule has 0 aliphatic carbocycles. The van der Waals surface area contributed by atoms with Crippen LogP contribution in [0.3, 0.4) is 0 Å². The summed E-state index contributed by atoms with van der Waals surface area (Å²) in [5.74, 6) is 1.52. The predicted molar refractivity (Wildman–Crippen MR) is 72.5 cm³/mol. The van der Waals surface area contributed by atoms with Crippen molar-refractivity contribution in [3.63, 3.8) is 0 Å². The molecule has 1 fully saturated rings. The Bertz CT molecular complexity index is 571. The maximum atomic E-state index is 5.79. The molecule has 1 aliphatic rings. The molecule has 2 N–H and O–H groups in total.